The number of benzene rings is 1. The van der Waals surface area contributed by atoms with E-state index in [0.29, 0.717) is 12.1 Å². The second kappa shape index (κ2) is 4.53. The van der Waals surface area contributed by atoms with E-state index in [9.17, 15) is 4.79 Å². The summed E-state index contributed by atoms with van der Waals surface area (Å²) in [5, 5.41) is 0. The summed E-state index contributed by atoms with van der Waals surface area (Å²) in [5.41, 5.74) is 2.60. The Morgan fingerprint density at radius 3 is 2.78 bits per heavy atom. The molecule has 90 valence electrons. The van der Waals surface area contributed by atoms with Crippen LogP contribution in [0.1, 0.15) is 16.1 Å². The number of aromatic nitrogens is 1. The van der Waals surface area contributed by atoms with Gasteiger partial charge in [-0.2, -0.15) is 0 Å². The molecule has 0 aliphatic carbocycles. The molecule has 0 bridgehead atoms. The highest BCUT2D eigenvalue weighted by Gasteiger charge is 2.28. The van der Waals surface area contributed by atoms with E-state index in [2.05, 4.69) is 20.9 Å². The molecule has 0 atom stereocenters. The van der Waals surface area contributed by atoms with Gasteiger partial charge in [0.2, 0.25) is 0 Å². The zero-order chi connectivity index (χ0) is 12.5. The number of nitrogens with zero attached hydrogens (tertiary/aromatic N) is 2. The van der Waals surface area contributed by atoms with Crippen LogP contribution in [-0.4, -0.2) is 17.4 Å². The molecular weight excluding hydrogens is 292 g/mol. The van der Waals surface area contributed by atoms with Crippen molar-refractivity contribution in [1.29, 1.82) is 0 Å². The maximum absolute atomic E-state index is 12.4. The van der Waals surface area contributed by atoms with Gasteiger partial charge < -0.3 is 4.90 Å². The van der Waals surface area contributed by atoms with Crippen LogP contribution in [0.3, 0.4) is 0 Å². The highest BCUT2D eigenvalue weighted by Crippen LogP contribution is 2.34. The number of amides is 1. The first-order valence-electron chi connectivity index (χ1n) is 5.77. The molecular formula is C14H11BrN2O. The average Bonchev–Trinajstić information content (AvgIpc) is 2.84. The van der Waals surface area contributed by atoms with E-state index < -0.39 is 0 Å². The molecule has 4 heteroatoms. The number of carbonyl (C=O) groups excluding carboxylic acids is 1. The van der Waals surface area contributed by atoms with E-state index in [1.165, 1.54) is 0 Å². The predicted molar refractivity (Wildman–Crippen MR) is 73.8 cm³/mol. The van der Waals surface area contributed by atoms with Gasteiger partial charge in [-0.15, -0.1) is 0 Å². The lowest BCUT2D eigenvalue weighted by atomic mass is 10.2. The summed E-state index contributed by atoms with van der Waals surface area (Å²) in [5.74, 6) is 0.0306. The number of pyridine rings is 1. The van der Waals surface area contributed by atoms with Gasteiger partial charge in [-0.05, 0) is 34.1 Å². The third-order valence-electron chi connectivity index (χ3n) is 3.06. The normalized spacial score (nSPS) is 13.5. The van der Waals surface area contributed by atoms with Gasteiger partial charge in [0.05, 0.1) is 11.4 Å². The molecule has 1 aromatic carbocycles. The Morgan fingerprint density at radius 1 is 1.22 bits per heavy atom. The van der Waals surface area contributed by atoms with Crippen LogP contribution in [0, 0.1) is 0 Å². The van der Waals surface area contributed by atoms with Gasteiger partial charge in [0.15, 0.2) is 0 Å². The molecule has 0 fully saturated rings. The maximum atomic E-state index is 12.4. The SMILES string of the molecule is O=C(c1ccccc1)N1CCc2nccc(Br)c21. The van der Waals surface area contributed by atoms with Crippen molar-refractivity contribution in [3.8, 4) is 0 Å². The van der Waals surface area contributed by atoms with E-state index in [-0.39, 0.29) is 5.91 Å². The van der Waals surface area contributed by atoms with Crippen LogP contribution in [-0.2, 0) is 6.42 Å². The maximum Gasteiger partial charge on any atom is 0.258 e. The van der Waals surface area contributed by atoms with Crippen LogP contribution >= 0.6 is 15.9 Å². The van der Waals surface area contributed by atoms with Crippen LogP contribution in [0.2, 0.25) is 0 Å². The molecule has 3 rings (SSSR count). The number of anilines is 1. The fourth-order valence-corrected chi connectivity index (χ4v) is 2.77. The number of carbonyl (C=O) groups is 1. The number of fused-ring (bicyclic) bond motifs is 1. The molecule has 3 nitrogen and oxygen atoms in total. The summed E-state index contributed by atoms with van der Waals surface area (Å²) in [6.07, 6.45) is 2.58. The Morgan fingerprint density at radius 2 is 2.00 bits per heavy atom. The minimum Gasteiger partial charge on any atom is -0.305 e. The summed E-state index contributed by atoms with van der Waals surface area (Å²) in [7, 11) is 0. The van der Waals surface area contributed by atoms with Crippen LogP contribution in [0.4, 0.5) is 5.69 Å². The van der Waals surface area contributed by atoms with Crippen molar-refractivity contribution in [1.82, 2.24) is 4.98 Å². The summed E-state index contributed by atoms with van der Waals surface area (Å²) in [6, 6.07) is 11.2. The third-order valence-corrected chi connectivity index (χ3v) is 3.70. The molecule has 18 heavy (non-hydrogen) atoms. The third kappa shape index (κ3) is 1.82. The molecule has 0 N–H and O–H groups in total. The molecule has 0 spiro atoms. The second-order valence-electron chi connectivity index (χ2n) is 4.16. The monoisotopic (exact) mass is 302 g/mol. The number of hydrogen-bond donors (Lipinski definition) is 0. The van der Waals surface area contributed by atoms with Gasteiger partial charge in [-0.1, -0.05) is 18.2 Å². The largest absolute Gasteiger partial charge is 0.305 e. The molecule has 0 saturated heterocycles. The lowest BCUT2D eigenvalue weighted by Gasteiger charge is -2.18. The highest BCUT2D eigenvalue weighted by molar-refractivity contribution is 9.10. The van der Waals surface area contributed by atoms with Gasteiger partial charge in [0.1, 0.15) is 0 Å². The van der Waals surface area contributed by atoms with E-state index in [4.69, 9.17) is 0 Å². The van der Waals surface area contributed by atoms with Crippen LogP contribution in [0.5, 0.6) is 0 Å². The van der Waals surface area contributed by atoms with Crippen LogP contribution in [0.15, 0.2) is 47.1 Å². The average molecular weight is 303 g/mol. The highest BCUT2D eigenvalue weighted by atomic mass is 79.9. The summed E-state index contributed by atoms with van der Waals surface area (Å²) in [4.78, 5) is 18.6. The Kier molecular flexibility index (Phi) is 2.88. The van der Waals surface area contributed by atoms with Crippen molar-refractivity contribution in [2.75, 3.05) is 11.4 Å². The molecule has 1 aromatic heterocycles. The van der Waals surface area contributed by atoms with Gasteiger partial charge >= 0.3 is 0 Å². The molecule has 2 aromatic rings. The molecule has 0 saturated carbocycles. The van der Waals surface area contributed by atoms with E-state index >= 15 is 0 Å². The molecule has 0 radical (unpaired) electrons. The molecule has 1 aliphatic rings. The second-order valence-corrected chi connectivity index (χ2v) is 5.02. The zero-order valence-electron chi connectivity index (χ0n) is 9.64. The minimum absolute atomic E-state index is 0.0306. The van der Waals surface area contributed by atoms with Crippen molar-refractivity contribution in [3.63, 3.8) is 0 Å². The number of hydrogen-bond acceptors (Lipinski definition) is 2. The summed E-state index contributed by atoms with van der Waals surface area (Å²) < 4.78 is 0.925. The number of halogens is 1. The fraction of sp³-hybridized carbons (Fsp3) is 0.143. The number of rotatable bonds is 1. The lowest BCUT2D eigenvalue weighted by Crippen LogP contribution is -2.29. The lowest BCUT2D eigenvalue weighted by molar-refractivity contribution is 0.0989. The fourth-order valence-electron chi connectivity index (χ4n) is 2.21. The molecule has 2 heterocycles. The molecule has 1 aliphatic heterocycles. The Bertz CT molecular complexity index is 598. The van der Waals surface area contributed by atoms with Gasteiger partial charge in [0, 0.05) is 29.2 Å². The van der Waals surface area contributed by atoms with E-state index in [1.807, 2.05) is 36.4 Å². The van der Waals surface area contributed by atoms with Crippen molar-refractivity contribution < 1.29 is 4.79 Å². The molecule has 0 unspecified atom stereocenters. The smallest absolute Gasteiger partial charge is 0.258 e. The molecule has 1 amide bonds. The van der Waals surface area contributed by atoms with Crippen LogP contribution < -0.4 is 4.90 Å². The van der Waals surface area contributed by atoms with Crippen molar-refractivity contribution in [2.24, 2.45) is 0 Å². The topological polar surface area (TPSA) is 33.2 Å². The van der Waals surface area contributed by atoms with Crippen molar-refractivity contribution >= 4 is 27.5 Å². The van der Waals surface area contributed by atoms with Gasteiger partial charge in [0.25, 0.3) is 5.91 Å². The van der Waals surface area contributed by atoms with E-state index in [1.54, 1.807) is 11.1 Å². The Balaban J connectivity index is 2.00. The Hall–Kier alpha value is -1.68. The van der Waals surface area contributed by atoms with Crippen molar-refractivity contribution in [3.05, 3.63) is 58.3 Å². The van der Waals surface area contributed by atoms with Crippen LogP contribution in [0.25, 0.3) is 0 Å². The first-order chi connectivity index (χ1) is 8.77. The first-order valence-corrected chi connectivity index (χ1v) is 6.57. The quantitative estimate of drug-likeness (QED) is 0.811. The zero-order valence-corrected chi connectivity index (χ0v) is 11.2. The minimum atomic E-state index is 0.0306. The van der Waals surface area contributed by atoms with Gasteiger partial charge in [-0.3, -0.25) is 9.78 Å². The summed E-state index contributed by atoms with van der Waals surface area (Å²) >= 11 is 3.49. The summed E-state index contributed by atoms with van der Waals surface area (Å²) in [6.45, 7) is 0.693. The Labute approximate surface area is 114 Å². The van der Waals surface area contributed by atoms with E-state index in [0.717, 1.165) is 22.3 Å². The first kappa shape index (κ1) is 11.4. The van der Waals surface area contributed by atoms with Gasteiger partial charge in [-0.25, -0.2) is 0 Å². The standard InChI is InChI=1S/C14H11BrN2O/c15-11-6-8-16-12-7-9-17(13(11)12)14(18)10-4-2-1-3-5-10/h1-6,8H,7,9H2. The van der Waals surface area contributed by atoms with Crippen molar-refractivity contribution in [2.45, 2.75) is 6.42 Å². The predicted octanol–water partition coefficient (Wildman–Crippen LogP) is 3.05.